The molecule has 0 bridgehead atoms. The van der Waals surface area contributed by atoms with E-state index in [-0.39, 0.29) is 33.2 Å². The molecular weight excluding hydrogens is 441 g/mol. The van der Waals surface area contributed by atoms with E-state index in [1.807, 2.05) is 0 Å². The van der Waals surface area contributed by atoms with E-state index in [2.05, 4.69) is 4.99 Å². The number of anilines is 1. The van der Waals surface area contributed by atoms with Crippen molar-refractivity contribution in [1.29, 1.82) is 0 Å². The quantitative estimate of drug-likeness (QED) is 0.516. The van der Waals surface area contributed by atoms with Crippen LogP contribution in [0.15, 0.2) is 41.4 Å². The summed E-state index contributed by atoms with van der Waals surface area (Å²) in [6.07, 6.45) is -12.5. The van der Waals surface area contributed by atoms with Gasteiger partial charge in [0.1, 0.15) is 5.84 Å². The number of aryl methyl sites for hydroxylation is 1. The molecule has 1 aliphatic heterocycles. The highest BCUT2D eigenvalue weighted by atomic mass is 35.5. The molecule has 0 N–H and O–H groups in total. The zero-order chi connectivity index (χ0) is 22.6. The standard InChI is InChI=1S/C19H12ClF7N2O/c1-9-8-10(17(21,18(22,23)24)19(25,26)27)6-7-13(9)29-15(28-2)14-11(16(29)30)4-3-5-12(14)20/h3-8H,1-2H3/b28-15-. The Hall–Kier alpha value is -2.62. The summed E-state index contributed by atoms with van der Waals surface area (Å²) in [5.41, 5.74) is -7.00. The molecule has 0 radical (unpaired) electrons. The highest BCUT2D eigenvalue weighted by Gasteiger charge is 2.73. The summed E-state index contributed by atoms with van der Waals surface area (Å²) in [6, 6.07) is 6.06. The molecular formula is C19H12ClF7N2O. The van der Waals surface area contributed by atoms with Gasteiger partial charge >= 0.3 is 18.0 Å². The monoisotopic (exact) mass is 452 g/mol. The first-order valence-corrected chi connectivity index (χ1v) is 8.67. The molecule has 11 heteroatoms. The number of amides is 1. The molecule has 0 aromatic heterocycles. The van der Waals surface area contributed by atoms with E-state index in [0.29, 0.717) is 12.1 Å². The minimum Gasteiger partial charge on any atom is -0.271 e. The zero-order valence-corrected chi connectivity index (χ0v) is 16.0. The van der Waals surface area contributed by atoms with Crippen molar-refractivity contribution in [2.24, 2.45) is 4.99 Å². The fraction of sp³-hybridized carbons (Fsp3) is 0.263. The molecule has 1 heterocycles. The van der Waals surface area contributed by atoms with Crippen LogP contribution in [0.4, 0.5) is 36.4 Å². The minimum absolute atomic E-state index is 0.0525. The molecule has 3 rings (SSSR count). The summed E-state index contributed by atoms with van der Waals surface area (Å²) in [4.78, 5) is 17.8. The van der Waals surface area contributed by atoms with Gasteiger partial charge in [0.05, 0.1) is 16.3 Å². The van der Waals surface area contributed by atoms with Crippen LogP contribution in [0.3, 0.4) is 0 Å². The predicted octanol–water partition coefficient (Wildman–Crippen LogP) is 5.97. The van der Waals surface area contributed by atoms with E-state index in [9.17, 15) is 35.5 Å². The molecule has 2 aromatic carbocycles. The highest BCUT2D eigenvalue weighted by molar-refractivity contribution is 6.43. The van der Waals surface area contributed by atoms with E-state index in [4.69, 9.17) is 11.6 Å². The lowest BCUT2D eigenvalue weighted by Gasteiger charge is -2.31. The third-order valence-corrected chi connectivity index (χ3v) is 5.03. The lowest BCUT2D eigenvalue weighted by atomic mass is 9.92. The third kappa shape index (κ3) is 3.05. The zero-order valence-electron chi connectivity index (χ0n) is 15.3. The number of carbonyl (C=O) groups is 1. The molecule has 160 valence electrons. The first kappa shape index (κ1) is 22.1. The number of hydrogen-bond acceptors (Lipinski definition) is 2. The van der Waals surface area contributed by atoms with Gasteiger partial charge in [0.25, 0.3) is 5.91 Å². The number of alkyl halides is 7. The van der Waals surface area contributed by atoms with Gasteiger partial charge in [-0.1, -0.05) is 29.8 Å². The van der Waals surface area contributed by atoms with Crippen LogP contribution in [-0.4, -0.2) is 31.1 Å². The average Bonchev–Trinajstić information content (AvgIpc) is 2.92. The Morgan fingerprint density at radius 1 is 0.967 bits per heavy atom. The molecule has 0 atom stereocenters. The van der Waals surface area contributed by atoms with Gasteiger partial charge < -0.3 is 0 Å². The first-order chi connectivity index (χ1) is 13.8. The largest absolute Gasteiger partial charge is 0.435 e. The summed E-state index contributed by atoms with van der Waals surface area (Å²) < 4.78 is 92.5. The van der Waals surface area contributed by atoms with Gasteiger partial charge in [-0.05, 0) is 30.7 Å². The number of aliphatic imine (C=N–C) groups is 1. The Kier molecular flexibility index (Phi) is 5.13. The number of rotatable bonds is 2. The second-order valence-corrected chi connectivity index (χ2v) is 6.91. The van der Waals surface area contributed by atoms with Gasteiger partial charge in [-0.15, -0.1) is 0 Å². The van der Waals surface area contributed by atoms with Crippen molar-refractivity contribution in [3.05, 3.63) is 63.7 Å². The maximum atomic E-state index is 14.3. The third-order valence-electron chi connectivity index (χ3n) is 4.71. The number of amidine groups is 1. The number of fused-ring (bicyclic) bond motifs is 1. The van der Waals surface area contributed by atoms with Crippen molar-refractivity contribution >= 4 is 29.0 Å². The Morgan fingerprint density at radius 3 is 2.07 bits per heavy atom. The Balaban J connectivity index is 2.16. The molecule has 0 unspecified atom stereocenters. The van der Waals surface area contributed by atoms with Crippen LogP contribution < -0.4 is 4.90 Å². The van der Waals surface area contributed by atoms with Crippen LogP contribution >= 0.6 is 11.6 Å². The van der Waals surface area contributed by atoms with Crippen LogP contribution in [-0.2, 0) is 5.67 Å². The van der Waals surface area contributed by atoms with E-state index >= 15 is 0 Å². The van der Waals surface area contributed by atoms with Gasteiger partial charge in [0.2, 0.25) is 0 Å². The van der Waals surface area contributed by atoms with Crippen molar-refractivity contribution < 1.29 is 35.5 Å². The fourth-order valence-corrected chi connectivity index (χ4v) is 3.56. The van der Waals surface area contributed by atoms with E-state index < -0.39 is 29.5 Å². The molecule has 1 amide bonds. The van der Waals surface area contributed by atoms with Gasteiger partial charge in [-0.2, -0.15) is 26.3 Å². The van der Waals surface area contributed by atoms with Crippen molar-refractivity contribution in [2.75, 3.05) is 11.9 Å². The SMILES string of the molecule is C/N=C1/c2c(Cl)cccc2C(=O)N1c1ccc(C(F)(C(F)(F)F)C(F)(F)F)cc1C. The molecule has 0 saturated carbocycles. The lowest BCUT2D eigenvalue weighted by Crippen LogP contribution is -2.50. The van der Waals surface area contributed by atoms with E-state index in [0.717, 1.165) is 17.9 Å². The maximum absolute atomic E-state index is 14.3. The maximum Gasteiger partial charge on any atom is 0.435 e. The van der Waals surface area contributed by atoms with Crippen LogP contribution in [0.25, 0.3) is 0 Å². The number of hydrogen-bond donors (Lipinski definition) is 0. The first-order valence-electron chi connectivity index (χ1n) is 8.29. The fourth-order valence-electron chi connectivity index (χ4n) is 3.30. The molecule has 0 saturated heterocycles. The number of halogens is 8. The Morgan fingerprint density at radius 2 is 1.57 bits per heavy atom. The van der Waals surface area contributed by atoms with Crippen LogP contribution in [0.5, 0.6) is 0 Å². The number of carbonyl (C=O) groups excluding carboxylic acids is 1. The van der Waals surface area contributed by atoms with Gasteiger partial charge in [-0.25, -0.2) is 4.39 Å². The van der Waals surface area contributed by atoms with Crippen LogP contribution in [0, 0.1) is 6.92 Å². The molecule has 3 nitrogen and oxygen atoms in total. The lowest BCUT2D eigenvalue weighted by molar-refractivity contribution is -0.348. The molecule has 0 aliphatic carbocycles. The normalized spacial score (nSPS) is 16.4. The molecule has 0 spiro atoms. The van der Waals surface area contributed by atoms with E-state index in [1.165, 1.54) is 25.2 Å². The van der Waals surface area contributed by atoms with Crippen LogP contribution in [0.1, 0.15) is 27.0 Å². The Labute approximate surface area is 170 Å². The Bertz CT molecular complexity index is 1050. The molecule has 0 fully saturated rings. The minimum atomic E-state index is -6.23. The van der Waals surface area contributed by atoms with Gasteiger partial charge in [0, 0.05) is 18.2 Å². The summed E-state index contributed by atoms with van der Waals surface area (Å²) in [7, 11) is 1.34. The summed E-state index contributed by atoms with van der Waals surface area (Å²) in [6.45, 7) is 1.16. The number of benzene rings is 2. The summed E-state index contributed by atoms with van der Waals surface area (Å²) >= 11 is 6.13. The smallest absolute Gasteiger partial charge is 0.271 e. The number of nitrogens with zero attached hydrogens (tertiary/aromatic N) is 2. The average molecular weight is 453 g/mol. The second kappa shape index (κ2) is 6.97. The molecule has 30 heavy (non-hydrogen) atoms. The molecule has 2 aromatic rings. The van der Waals surface area contributed by atoms with Crippen LogP contribution in [0.2, 0.25) is 5.02 Å². The predicted molar refractivity (Wildman–Crippen MR) is 96.8 cm³/mol. The van der Waals surface area contributed by atoms with Crippen molar-refractivity contribution in [2.45, 2.75) is 24.9 Å². The summed E-state index contributed by atoms with van der Waals surface area (Å²) in [5.74, 6) is -0.559. The van der Waals surface area contributed by atoms with Crippen molar-refractivity contribution in [1.82, 2.24) is 0 Å². The molecule has 1 aliphatic rings. The van der Waals surface area contributed by atoms with Gasteiger partial charge in [-0.3, -0.25) is 14.7 Å². The van der Waals surface area contributed by atoms with E-state index in [1.54, 1.807) is 0 Å². The van der Waals surface area contributed by atoms with Crippen molar-refractivity contribution in [3.8, 4) is 0 Å². The van der Waals surface area contributed by atoms with Gasteiger partial charge in [0.15, 0.2) is 0 Å². The summed E-state index contributed by atoms with van der Waals surface area (Å²) in [5, 5.41) is 0.190. The second-order valence-electron chi connectivity index (χ2n) is 6.51. The highest BCUT2D eigenvalue weighted by Crippen LogP contribution is 2.53. The van der Waals surface area contributed by atoms with Crippen molar-refractivity contribution in [3.63, 3.8) is 0 Å². The topological polar surface area (TPSA) is 32.7 Å².